The van der Waals surface area contributed by atoms with Crippen LogP contribution >= 0.6 is 15.9 Å². The molecule has 1 N–H and O–H groups in total. The quantitative estimate of drug-likeness (QED) is 0.790. The van der Waals surface area contributed by atoms with Gasteiger partial charge in [-0.2, -0.15) is 0 Å². The summed E-state index contributed by atoms with van der Waals surface area (Å²) in [5.41, 5.74) is 1.54. The highest BCUT2D eigenvalue weighted by Crippen LogP contribution is 2.30. The Morgan fingerprint density at radius 3 is 2.79 bits per heavy atom. The molecule has 0 aliphatic carbocycles. The Morgan fingerprint density at radius 1 is 1.21 bits per heavy atom. The molecule has 0 aliphatic heterocycles. The van der Waals surface area contributed by atoms with Gasteiger partial charge in [0.2, 0.25) is 0 Å². The van der Waals surface area contributed by atoms with E-state index >= 15 is 0 Å². The van der Waals surface area contributed by atoms with E-state index in [1.54, 1.807) is 12.4 Å². The maximum atomic E-state index is 10.5. The van der Waals surface area contributed by atoms with Crippen molar-refractivity contribution in [2.24, 2.45) is 7.05 Å². The van der Waals surface area contributed by atoms with Crippen molar-refractivity contribution >= 4 is 26.8 Å². The highest BCUT2D eigenvalue weighted by Gasteiger charge is 2.18. The lowest BCUT2D eigenvalue weighted by Gasteiger charge is -2.13. The first-order valence-corrected chi connectivity index (χ1v) is 6.66. The molecule has 1 aromatic carbocycles. The Kier molecular flexibility index (Phi) is 3.08. The molecule has 3 rings (SSSR count). The van der Waals surface area contributed by atoms with Crippen LogP contribution in [0.5, 0.6) is 0 Å². The monoisotopic (exact) mass is 317 g/mol. The molecular formula is C14H12BrN3O. The van der Waals surface area contributed by atoms with E-state index in [4.69, 9.17) is 0 Å². The van der Waals surface area contributed by atoms with Gasteiger partial charge < -0.3 is 9.67 Å². The number of pyridine rings is 1. The molecule has 96 valence electrons. The Morgan fingerprint density at radius 2 is 2.05 bits per heavy atom. The van der Waals surface area contributed by atoms with Gasteiger partial charge in [-0.25, -0.2) is 4.98 Å². The number of benzene rings is 1. The van der Waals surface area contributed by atoms with Gasteiger partial charge in [-0.15, -0.1) is 0 Å². The molecule has 1 atom stereocenters. The number of rotatable bonds is 2. The third-order valence-corrected chi connectivity index (χ3v) is 3.84. The highest BCUT2D eigenvalue weighted by atomic mass is 79.9. The SMILES string of the molecule is Cn1ccnc1C(O)c1ccc(Br)c2cccnc12. The molecule has 0 fully saturated rings. The van der Waals surface area contributed by atoms with Crippen molar-refractivity contribution < 1.29 is 5.11 Å². The van der Waals surface area contributed by atoms with Crippen LogP contribution in [0, 0.1) is 0 Å². The molecule has 3 aromatic rings. The van der Waals surface area contributed by atoms with E-state index in [0.717, 1.165) is 20.9 Å². The van der Waals surface area contributed by atoms with Crippen LogP contribution in [-0.4, -0.2) is 19.6 Å². The van der Waals surface area contributed by atoms with Crippen LogP contribution in [0.15, 0.2) is 47.3 Å². The third-order valence-electron chi connectivity index (χ3n) is 3.15. The zero-order valence-electron chi connectivity index (χ0n) is 10.3. The lowest BCUT2D eigenvalue weighted by Crippen LogP contribution is -2.08. The van der Waals surface area contributed by atoms with Gasteiger partial charge in [-0.1, -0.05) is 28.1 Å². The van der Waals surface area contributed by atoms with Crippen LogP contribution in [0.3, 0.4) is 0 Å². The number of aliphatic hydroxyl groups excluding tert-OH is 1. The highest BCUT2D eigenvalue weighted by molar-refractivity contribution is 9.10. The second-order valence-electron chi connectivity index (χ2n) is 4.34. The number of aliphatic hydroxyl groups is 1. The molecular weight excluding hydrogens is 306 g/mol. The van der Waals surface area contributed by atoms with Gasteiger partial charge >= 0.3 is 0 Å². The molecule has 0 saturated heterocycles. The summed E-state index contributed by atoms with van der Waals surface area (Å²) >= 11 is 3.50. The lowest BCUT2D eigenvalue weighted by atomic mass is 10.0. The first kappa shape index (κ1) is 12.3. The Bertz CT molecular complexity index is 738. The van der Waals surface area contributed by atoms with Gasteiger partial charge in [0, 0.05) is 41.1 Å². The second kappa shape index (κ2) is 4.75. The van der Waals surface area contributed by atoms with Gasteiger partial charge in [0.05, 0.1) is 5.52 Å². The first-order chi connectivity index (χ1) is 9.18. The van der Waals surface area contributed by atoms with Crippen LogP contribution in [0.4, 0.5) is 0 Å². The normalized spacial score (nSPS) is 12.8. The topological polar surface area (TPSA) is 50.9 Å². The van der Waals surface area contributed by atoms with Crippen LogP contribution in [0.25, 0.3) is 10.9 Å². The number of aromatic nitrogens is 3. The molecule has 4 nitrogen and oxygen atoms in total. The van der Waals surface area contributed by atoms with Gasteiger partial charge in [-0.05, 0) is 12.1 Å². The average molecular weight is 318 g/mol. The molecule has 5 heteroatoms. The van der Waals surface area contributed by atoms with Crippen molar-refractivity contribution in [1.82, 2.24) is 14.5 Å². The van der Waals surface area contributed by atoms with Crippen molar-refractivity contribution in [2.75, 3.05) is 0 Å². The molecule has 0 aliphatic rings. The third kappa shape index (κ3) is 2.05. The molecule has 0 spiro atoms. The van der Waals surface area contributed by atoms with E-state index in [1.807, 2.05) is 42.1 Å². The number of hydrogen-bond donors (Lipinski definition) is 1. The van der Waals surface area contributed by atoms with E-state index in [2.05, 4.69) is 25.9 Å². The van der Waals surface area contributed by atoms with E-state index in [0.29, 0.717) is 5.82 Å². The van der Waals surface area contributed by atoms with Gasteiger partial charge in [-0.3, -0.25) is 4.98 Å². The molecule has 0 amide bonds. The lowest BCUT2D eigenvalue weighted by molar-refractivity contribution is 0.207. The molecule has 2 heterocycles. The largest absolute Gasteiger partial charge is 0.380 e. The standard InChI is InChI=1S/C14H12BrN3O/c1-18-8-7-17-14(18)13(19)10-4-5-11(15)9-3-2-6-16-12(9)10/h2-8,13,19H,1H3. The summed E-state index contributed by atoms with van der Waals surface area (Å²) in [6, 6.07) is 7.65. The van der Waals surface area contributed by atoms with Crippen molar-refractivity contribution in [3.63, 3.8) is 0 Å². The Hall–Kier alpha value is -1.72. The Balaban J connectivity index is 2.21. The molecule has 1 unspecified atom stereocenters. The van der Waals surface area contributed by atoms with E-state index in [9.17, 15) is 5.11 Å². The first-order valence-electron chi connectivity index (χ1n) is 5.87. The summed E-state index contributed by atoms with van der Waals surface area (Å²) in [7, 11) is 1.86. The zero-order chi connectivity index (χ0) is 13.4. The number of hydrogen-bond acceptors (Lipinski definition) is 3. The number of imidazole rings is 1. The summed E-state index contributed by atoms with van der Waals surface area (Å²) < 4.78 is 2.77. The summed E-state index contributed by atoms with van der Waals surface area (Å²) in [4.78, 5) is 8.57. The average Bonchev–Trinajstić information content (AvgIpc) is 2.85. The number of halogens is 1. The van der Waals surface area contributed by atoms with Crippen LogP contribution in [-0.2, 0) is 7.05 Å². The predicted molar refractivity (Wildman–Crippen MR) is 76.7 cm³/mol. The Labute approximate surface area is 118 Å². The summed E-state index contributed by atoms with van der Waals surface area (Å²) in [5.74, 6) is 0.606. The van der Waals surface area contributed by atoms with Crippen LogP contribution in [0.1, 0.15) is 17.5 Å². The molecule has 0 radical (unpaired) electrons. The molecule has 0 saturated carbocycles. The van der Waals surface area contributed by atoms with E-state index < -0.39 is 6.10 Å². The van der Waals surface area contributed by atoms with Gasteiger partial charge in [0.25, 0.3) is 0 Å². The minimum Gasteiger partial charge on any atom is -0.380 e. The molecule has 0 bridgehead atoms. The van der Waals surface area contributed by atoms with Crippen molar-refractivity contribution in [1.29, 1.82) is 0 Å². The van der Waals surface area contributed by atoms with E-state index in [-0.39, 0.29) is 0 Å². The van der Waals surface area contributed by atoms with Crippen molar-refractivity contribution in [3.8, 4) is 0 Å². The molecule has 2 aromatic heterocycles. The number of nitrogens with zero attached hydrogens (tertiary/aromatic N) is 3. The summed E-state index contributed by atoms with van der Waals surface area (Å²) in [5, 5.41) is 11.5. The minimum atomic E-state index is -0.787. The van der Waals surface area contributed by atoms with Gasteiger partial charge in [0.1, 0.15) is 11.9 Å². The summed E-state index contributed by atoms with van der Waals surface area (Å²) in [6.45, 7) is 0. The fourth-order valence-electron chi connectivity index (χ4n) is 2.16. The van der Waals surface area contributed by atoms with Crippen molar-refractivity contribution in [3.05, 3.63) is 58.7 Å². The predicted octanol–water partition coefficient (Wildman–Crippen LogP) is 2.81. The second-order valence-corrected chi connectivity index (χ2v) is 5.19. The van der Waals surface area contributed by atoms with E-state index in [1.165, 1.54) is 0 Å². The fourth-order valence-corrected chi connectivity index (χ4v) is 2.61. The maximum Gasteiger partial charge on any atom is 0.142 e. The number of aryl methyl sites for hydroxylation is 1. The zero-order valence-corrected chi connectivity index (χ0v) is 11.9. The van der Waals surface area contributed by atoms with Crippen LogP contribution in [0.2, 0.25) is 0 Å². The maximum absolute atomic E-state index is 10.5. The number of fused-ring (bicyclic) bond motifs is 1. The minimum absolute atomic E-state index is 0.606. The van der Waals surface area contributed by atoms with Gasteiger partial charge in [0.15, 0.2) is 0 Å². The molecule has 19 heavy (non-hydrogen) atoms. The van der Waals surface area contributed by atoms with Crippen molar-refractivity contribution in [2.45, 2.75) is 6.10 Å². The van der Waals surface area contributed by atoms with Crippen LogP contribution < -0.4 is 0 Å². The summed E-state index contributed by atoms with van der Waals surface area (Å²) in [6.07, 6.45) is 4.43. The fraction of sp³-hybridized carbons (Fsp3) is 0.143. The smallest absolute Gasteiger partial charge is 0.142 e.